The van der Waals surface area contributed by atoms with Gasteiger partial charge in [-0.05, 0) is 37.5 Å². The minimum atomic E-state index is -0.483. The minimum Gasteiger partial charge on any atom is -0.466 e. The highest BCUT2D eigenvalue weighted by atomic mass is 79.9. The molecule has 3 rings (SSSR count). The van der Waals surface area contributed by atoms with Crippen LogP contribution < -0.4 is 5.32 Å². The molecule has 5 nitrogen and oxygen atoms in total. The van der Waals surface area contributed by atoms with Gasteiger partial charge in [0, 0.05) is 16.2 Å². The van der Waals surface area contributed by atoms with Gasteiger partial charge in [-0.2, -0.15) is 0 Å². The maximum atomic E-state index is 12.4. The number of carbonyl (C=O) groups is 2. The molecule has 1 aliphatic carbocycles. The first kappa shape index (κ1) is 15.1. The van der Waals surface area contributed by atoms with Crippen molar-refractivity contribution < 1.29 is 14.3 Å². The number of urea groups is 1. The Kier molecular flexibility index (Phi) is 3.95. The van der Waals surface area contributed by atoms with E-state index < -0.39 is 12.0 Å². The second kappa shape index (κ2) is 5.76. The molecule has 0 saturated heterocycles. The molecule has 1 aromatic rings. The fourth-order valence-electron chi connectivity index (χ4n) is 2.81. The topological polar surface area (TPSA) is 58.6 Å². The minimum absolute atomic E-state index is 0.152. The van der Waals surface area contributed by atoms with Crippen LogP contribution in [0.15, 0.2) is 40.0 Å². The van der Waals surface area contributed by atoms with E-state index in [4.69, 9.17) is 4.74 Å². The average Bonchev–Trinajstić information content (AvgIpc) is 3.31. The third-order valence-electron chi connectivity index (χ3n) is 4.05. The molecule has 22 heavy (non-hydrogen) atoms. The van der Waals surface area contributed by atoms with Crippen LogP contribution in [0.3, 0.4) is 0 Å². The molecular formula is C16H17BrN2O3. The Bertz CT molecular complexity index is 650. The molecule has 116 valence electrons. The van der Waals surface area contributed by atoms with Gasteiger partial charge in [0.2, 0.25) is 0 Å². The van der Waals surface area contributed by atoms with Crippen LogP contribution in [-0.4, -0.2) is 30.1 Å². The normalized spacial score (nSPS) is 21.7. The Hall–Kier alpha value is -1.82. The number of methoxy groups -OCH3 is 1. The first-order valence-electron chi connectivity index (χ1n) is 7.17. The number of halogens is 1. The summed E-state index contributed by atoms with van der Waals surface area (Å²) in [6.07, 6.45) is 1.95. The summed E-state index contributed by atoms with van der Waals surface area (Å²) in [7, 11) is 1.36. The number of ether oxygens (including phenoxy) is 1. The number of nitrogens with one attached hydrogen (secondary N) is 1. The Morgan fingerprint density at radius 1 is 1.32 bits per heavy atom. The summed E-state index contributed by atoms with van der Waals surface area (Å²) in [5.41, 5.74) is 2.04. The van der Waals surface area contributed by atoms with Gasteiger partial charge in [0.25, 0.3) is 0 Å². The molecule has 6 heteroatoms. The number of carbonyl (C=O) groups excluding carboxylic acids is 2. The fourth-order valence-corrected chi connectivity index (χ4v) is 3.07. The van der Waals surface area contributed by atoms with Crippen LogP contribution in [0.2, 0.25) is 0 Å². The molecule has 1 aliphatic heterocycles. The van der Waals surface area contributed by atoms with Crippen molar-refractivity contribution >= 4 is 27.9 Å². The van der Waals surface area contributed by atoms with Crippen molar-refractivity contribution in [2.24, 2.45) is 0 Å². The lowest BCUT2D eigenvalue weighted by atomic mass is 9.95. The van der Waals surface area contributed by atoms with Gasteiger partial charge in [0.1, 0.15) is 0 Å². The van der Waals surface area contributed by atoms with E-state index in [-0.39, 0.29) is 12.1 Å². The van der Waals surface area contributed by atoms with Gasteiger partial charge >= 0.3 is 12.0 Å². The first-order chi connectivity index (χ1) is 10.5. The number of esters is 1. The van der Waals surface area contributed by atoms with E-state index in [1.54, 1.807) is 4.90 Å². The van der Waals surface area contributed by atoms with Crippen molar-refractivity contribution in [2.75, 3.05) is 7.11 Å². The van der Waals surface area contributed by atoms with Crippen molar-refractivity contribution in [1.82, 2.24) is 10.2 Å². The second-order valence-corrected chi connectivity index (χ2v) is 6.44. The van der Waals surface area contributed by atoms with Gasteiger partial charge in [0.15, 0.2) is 0 Å². The summed E-state index contributed by atoms with van der Waals surface area (Å²) >= 11 is 3.39. The number of hydrogen-bond donors (Lipinski definition) is 1. The van der Waals surface area contributed by atoms with Crippen LogP contribution in [0.25, 0.3) is 0 Å². The number of benzene rings is 1. The highest BCUT2D eigenvalue weighted by Crippen LogP contribution is 2.37. The smallest absolute Gasteiger partial charge is 0.337 e. The van der Waals surface area contributed by atoms with Crippen LogP contribution in [0, 0.1) is 0 Å². The third-order valence-corrected chi connectivity index (χ3v) is 4.58. The Morgan fingerprint density at radius 2 is 1.95 bits per heavy atom. The molecule has 0 spiro atoms. The van der Waals surface area contributed by atoms with Crippen molar-refractivity contribution in [2.45, 2.75) is 31.8 Å². The second-order valence-electron chi connectivity index (χ2n) is 5.53. The summed E-state index contributed by atoms with van der Waals surface area (Å²) in [5.74, 6) is -0.406. The predicted molar refractivity (Wildman–Crippen MR) is 85.0 cm³/mol. The summed E-state index contributed by atoms with van der Waals surface area (Å²) in [5, 5.41) is 2.93. The zero-order chi connectivity index (χ0) is 15.9. The summed E-state index contributed by atoms with van der Waals surface area (Å²) in [6, 6.07) is 7.11. The Labute approximate surface area is 137 Å². The molecule has 1 atom stereocenters. The molecule has 0 bridgehead atoms. The van der Waals surface area contributed by atoms with Gasteiger partial charge in [-0.15, -0.1) is 0 Å². The van der Waals surface area contributed by atoms with Crippen LogP contribution >= 0.6 is 15.9 Å². The molecule has 2 aliphatic rings. The first-order valence-corrected chi connectivity index (χ1v) is 7.96. The standard InChI is InChI=1S/C16H17BrN2O3/c1-9-13(15(20)22-2)14(10-3-5-11(17)6-4-10)18-16(21)19(9)12-7-8-12/h3-6,12,14H,7-8H2,1-2H3,(H,18,21)/t14-/m0/s1. The van der Waals surface area contributed by atoms with E-state index in [1.807, 2.05) is 31.2 Å². The molecule has 0 unspecified atom stereocenters. The SMILES string of the molecule is COC(=O)C1=C(C)N(C2CC2)C(=O)N[C@H]1c1ccc(Br)cc1. The van der Waals surface area contributed by atoms with Crippen molar-refractivity contribution in [3.63, 3.8) is 0 Å². The number of amides is 2. The van der Waals surface area contributed by atoms with Crippen molar-refractivity contribution in [1.29, 1.82) is 0 Å². The quantitative estimate of drug-likeness (QED) is 0.838. The van der Waals surface area contributed by atoms with Gasteiger partial charge in [-0.25, -0.2) is 9.59 Å². The highest BCUT2D eigenvalue weighted by Gasteiger charge is 2.42. The lowest BCUT2D eigenvalue weighted by molar-refractivity contribution is -0.136. The molecule has 1 N–H and O–H groups in total. The zero-order valence-electron chi connectivity index (χ0n) is 12.4. The largest absolute Gasteiger partial charge is 0.466 e. The maximum Gasteiger partial charge on any atom is 0.337 e. The Balaban J connectivity index is 2.06. The fraction of sp³-hybridized carbons (Fsp3) is 0.375. The number of nitrogens with zero attached hydrogens (tertiary/aromatic N) is 1. The van der Waals surface area contributed by atoms with Crippen LogP contribution in [-0.2, 0) is 9.53 Å². The molecule has 0 radical (unpaired) electrons. The number of rotatable bonds is 3. The maximum absolute atomic E-state index is 12.4. The predicted octanol–water partition coefficient (Wildman–Crippen LogP) is 3.12. The van der Waals surface area contributed by atoms with Crippen LogP contribution in [0.1, 0.15) is 31.4 Å². The van der Waals surface area contributed by atoms with Gasteiger partial charge in [-0.3, -0.25) is 4.90 Å². The van der Waals surface area contributed by atoms with Crippen LogP contribution in [0.4, 0.5) is 4.79 Å². The highest BCUT2D eigenvalue weighted by molar-refractivity contribution is 9.10. The van der Waals surface area contributed by atoms with E-state index in [9.17, 15) is 9.59 Å². The van der Waals surface area contributed by atoms with Crippen LogP contribution in [0.5, 0.6) is 0 Å². The molecule has 0 aromatic heterocycles. The summed E-state index contributed by atoms with van der Waals surface area (Å²) in [4.78, 5) is 26.4. The van der Waals surface area contributed by atoms with E-state index in [1.165, 1.54) is 7.11 Å². The summed E-state index contributed by atoms with van der Waals surface area (Å²) < 4.78 is 5.88. The zero-order valence-corrected chi connectivity index (χ0v) is 14.0. The monoisotopic (exact) mass is 364 g/mol. The van der Waals surface area contributed by atoms with Crippen molar-refractivity contribution in [3.05, 3.63) is 45.6 Å². The molecule has 1 heterocycles. The number of hydrogen-bond acceptors (Lipinski definition) is 3. The molecule has 1 fully saturated rings. The molecule has 2 amide bonds. The van der Waals surface area contributed by atoms with Gasteiger partial charge in [0.05, 0.1) is 18.7 Å². The van der Waals surface area contributed by atoms with E-state index in [0.717, 1.165) is 22.9 Å². The van der Waals surface area contributed by atoms with Gasteiger partial charge < -0.3 is 10.1 Å². The van der Waals surface area contributed by atoms with E-state index >= 15 is 0 Å². The van der Waals surface area contributed by atoms with Gasteiger partial charge in [-0.1, -0.05) is 28.1 Å². The number of allylic oxidation sites excluding steroid dienone is 1. The van der Waals surface area contributed by atoms with Crippen molar-refractivity contribution in [3.8, 4) is 0 Å². The molecular weight excluding hydrogens is 348 g/mol. The van der Waals surface area contributed by atoms with E-state index in [2.05, 4.69) is 21.2 Å². The third kappa shape index (κ3) is 2.63. The summed E-state index contributed by atoms with van der Waals surface area (Å²) in [6.45, 7) is 1.81. The molecule has 1 aromatic carbocycles. The molecule has 1 saturated carbocycles. The lowest BCUT2D eigenvalue weighted by Crippen LogP contribution is -2.48. The average molecular weight is 365 g/mol. The lowest BCUT2D eigenvalue weighted by Gasteiger charge is -2.35. The Morgan fingerprint density at radius 3 is 2.50 bits per heavy atom. The van der Waals surface area contributed by atoms with E-state index in [0.29, 0.717) is 11.3 Å².